The Morgan fingerprint density at radius 1 is 1.09 bits per heavy atom. The summed E-state index contributed by atoms with van der Waals surface area (Å²) in [5.41, 5.74) is 0.813. The van der Waals surface area contributed by atoms with Crippen LogP contribution in [0.5, 0.6) is 0 Å². The van der Waals surface area contributed by atoms with Gasteiger partial charge in [0.2, 0.25) is 0 Å². The second-order valence-electron chi connectivity index (χ2n) is 5.88. The molecule has 0 radical (unpaired) electrons. The first-order valence-corrected chi connectivity index (χ1v) is 8.63. The average Bonchev–Trinajstić information content (AvgIpc) is 2.54. The minimum absolute atomic E-state index is 0.128. The lowest BCUT2D eigenvalue weighted by Gasteiger charge is -2.19. The Morgan fingerprint density at radius 3 is 2.45 bits per heavy atom. The van der Waals surface area contributed by atoms with Crippen LogP contribution in [-0.4, -0.2) is 10.9 Å². The number of carbonyl (C=O) groups excluding carboxylic acids is 1. The van der Waals surface area contributed by atoms with E-state index in [-0.39, 0.29) is 5.78 Å². The van der Waals surface area contributed by atoms with Crippen molar-refractivity contribution in [2.24, 2.45) is 5.92 Å². The highest BCUT2D eigenvalue weighted by atomic mass is 16.3. The molecule has 2 heteroatoms. The molecule has 1 aromatic carbocycles. The zero-order valence-corrected chi connectivity index (χ0v) is 14.0. The van der Waals surface area contributed by atoms with Gasteiger partial charge in [0.1, 0.15) is 5.78 Å². The van der Waals surface area contributed by atoms with Gasteiger partial charge < -0.3 is 5.11 Å². The number of aliphatic hydroxyl groups excluding tert-OH is 1. The van der Waals surface area contributed by atoms with Gasteiger partial charge in [-0.1, -0.05) is 75.6 Å². The van der Waals surface area contributed by atoms with Crippen LogP contribution in [0.1, 0.15) is 70.5 Å². The second-order valence-corrected chi connectivity index (χ2v) is 5.88. The van der Waals surface area contributed by atoms with Gasteiger partial charge in [0, 0.05) is 6.42 Å². The van der Waals surface area contributed by atoms with Gasteiger partial charge in [-0.25, -0.2) is 0 Å². The van der Waals surface area contributed by atoms with Crippen molar-refractivity contribution in [3.63, 3.8) is 0 Å². The van der Waals surface area contributed by atoms with Crippen molar-refractivity contribution in [1.82, 2.24) is 0 Å². The van der Waals surface area contributed by atoms with Crippen LogP contribution in [0.15, 0.2) is 42.5 Å². The Bertz CT molecular complexity index is 436. The summed E-state index contributed by atoms with van der Waals surface area (Å²) in [6, 6.07) is 9.48. The van der Waals surface area contributed by atoms with Crippen molar-refractivity contribution in [2.75, 3.05) is 0 Å². The number of hydrogen-bond donors (Lipinski definition) is 1. The SMILES string of the molecule is CCCCCC/C=C/C(C(=O)CCC)C(O)c1ccccc1. The molecule has 0 aliphatic rings. The molecule has 0 aliphatic carbocycles. The topological polar surface area (TPSA) is 37.3 Å². The number of hydrogen-bond acceptors (Lipinski definition) is 2. The van der Waals surface area contributed by atoms with Crippen LogP contribution >= 0.6 is 0 Å². The van der Waals surface area contributed by atoms with Gasteiger partial charge in [-0.05, 0) is 24.8 Å². The second kappa shape index (κ2) is 11.2. The minimum atomic E-state index is -0.743. The van der Waals surface area contributed by atoms with E-state index in [0.29, 0.717) is 6.42 Å². The Balaban J connectivity index is 2.67. The van der Waals surface area contributed by atoms with Gasteiger partial charge in [-0.2, -0.15) is 0 Å². The van der Waals surface area contributed by atoms with Gasteiger partial charge in [0.15, 0.2) is 0 Å². The van der Waals surface area contributed by atoms with Gasteiger partial charge in [0.05, 0.1) is 12.0 Å². The van der Waals surface area contributed by atoms with E-state index in [0.717, 1.165) is 24.8 Å². The molecule has 1 rings (SSSR count). The standard InChI is InChI=1S/C20H30O2/c1-3-5-6-7-8-12-16-18(19(21)13-4-2)20(22)17-14-10-9-11-15-17/h9-12,14-16,18,20,22H,3-8,13H2,1-2H3/b16-12+. The van der Waals surface area contributed by atoms with Crippen molar-refractivity contribution in [3.8, 4) is 0 Å². The summed E-state index contributed by atoms with van der Waals surface area (Å²) in [5, 5.41) is 10.5. The molecule has 2 atom stereocenters. The Hall–Kier alpha value is -1.41. The van der Waals surface area contributed by atoms with E-state index >= 15 is 0 Å². The highest BCUT2D eigenvalue weighted by molar-refractivity contribution is 5.83. The maximum atomic E-state index is 12.3. The molecule has 0 aliphatic heterocycles. The number of benzene rings is 1. The van der Waals surface area contributed by atoms with Crippen molar-refractivity contribution < 1.29 is 9.90 Å². The molecule has 1 aromatic rings. The number of unbranched alkanes of at least 4 members (excludes halogenated alkanes) is 4. The molecule has 1 N–H and O–H groups in total. The number of Topliss-reactive ketones (excluding diaryl/α,β-unsaturated/α-hetero) is 1. The quantitative estimate of drug-likeness (QED) is 0.449. The van der Waals surface area contributed by atoms with Crippen molar-refractivity contribution in [1.29, 1.82) is 0 Å². The lowest BCUT2D eigenvalue weighted by molar-refractivity contribution is -0.124. The fourth-order valence-electron chi connectivity index (χ4n) is 2.59. The zero-order valence-electron chi connectivity index (χ0n) is 14.0. The molecule has 0 bridgehead atoms. The van der Waals surface area contributed by atoms with E-state index in [1.54, 1.807) is 0 Å². The van der Waals surface area contributed by atoms with E-state index in [9.17, 15) is 9.90 Å². The predicted octanol–water partition coefficient (Wildman–Crippen LogP) is 5.23. The third-order valence-corrected chi connectivity index (χ3v) is 3.92. The van der Waals surface area contributed by atoms with Crippen LogP contribution in [0.4, 0.5) is 0 Å². The summed E-state index contributed by atoms with van der Waals surface area (Å²) in [6.45, 7) is 4.20. The maximum Gasteiger partial charge on any atom is 0.142 e. The summed E-state index contributed by atoms with van der Waals surface area (Å²) < 4.78 is 0. The Kier molecular flexibility index (Phi) is 9.49. The predicted molar refractivity (Wildman–Crippen MR) is 92.7 cm³/mol. The van der Waals surface area contributed by atoms with E-state index in [2.05, 4.69) is 13.0 Å². The number of carbonyl (C=O) groups is 1. The Morgan fingerprint density at radius 2 is 1.82 bits per heavy atom. The van der Waals surface area contributed by atoms with Crippen LogP contribution in [-0.2, 0) is 4.79 Å². The lowest BCUT2D eigenvalue weighted by atomic mass is 9.89. The molecule has 0 spiro atoms. The third-order valence-electron chi connectivity index (χ3n) is 3.92. The molecular formula is C20H30O2. The van der Waals surface area contributed by atoms with Crippen molar-refractivity contribution in [3.05, 3.63) is 48.0 Å². The fourth-order valence-corrected chi connectivity index (χ4v) is 2.59. The maximum absolute atomic E-state index is 12.3. The van der Waals surface area contributed by atoms with Crippen LogP contribution in [0, 0.1) is 5.92 Å². The third kappa shape index (κ3) is 6.57. The summed E-state index contributed by atoms with van der Waals surface area (Å²) in [5.74, 6) is -0.294. The normalized spacial score (nSPS) is 14.1. The van der Waals surface area contributed by atoms with Crippen molar-refractivity contribution in [2.45, 2.75) is 64.9 Å². The van der Waals surface area contributed by atoms with E-state index in [1.807, 2.05) is 43.3 Å². The van der Waals surface area contributed by atoms with Crippen LogP contribution in [0.2, 0.25) is 0 Å². The monoisotopic (exact) mass is 302 g/mol. The van der Waals surface area contributed by atoms with E-state index in [4.69, 9.17) is 0 Å². The summed E-state index contributed by atoms with van der Waals surface area (Å²) in [6.07, 6.45) is 10.4. The first-order chi connectivity index (χ1) is 10.7. The average molecular weight is 302 g/mol. The number of aliphatic hydroxyl groups is 1. The molecule has 0 aromatic heterocycles. The van der Waals surface area contributed by atoms with Gasteiger partial charge >= 0.3 is 0 Å². The van der Waals surface area contributed by atoms with Crippen molar-refractivity contribution >= 4 is 5.78 Å². The molecule has 2 unspecified atom stereocenters. The Labute approximate surface area is 135 Å². The number of rotatable bonds is 11. The molecule has 0 saturated heterocycles. The van der Waals surface area contributed by atoms with Gasteiger partial charge in [0.25, 0.3) is 0 Å². The van der Waals surface area contributed by atoms with E-state index in [1.165, 1.54) is 19.3 Å². The summed E-state index contributed by atoms with van der Waals surface area (Å²) >= 11 is 0. The van der Waals surface area contributed by atoms with Gasteiger partial charge in [-0.15, -0.1) is 0 Å². The first kappa shape index (κ1) is 18.6. The summed E-state index contributed by atoms with van der Waals surface area (Å²) in [4.78, 5) is 12.3. The molecule has 0 heterocycles. The smallest absolute Gasteiger partial charge is 0.142 e. The largest absolute Gasteiger partial charge is 0.387 e. The molecule has 22 heavy (non-hydrogen) atoms. The highest BCUT2D eigenvalue weighted by Crippen LogP contribution is 2.25. The van der Waals surface area contributed by atoms with Crippen LogP contribution in [0.3, 0.4) is 0 Å². The number of ketones is 1. The minimum Gasteiger partial charge on any atom is -0.387 e. The fraction of sp³-hybridized carbons (Fsp3) is 0.550. The molecule has 0 amide bonds. The van der Waals surface area contributed by atoms with Crippen LogP contribution < -0.4 is 0 Å². The van der Waals surface area contributed by atoms with Gasteiger partial charge in [-0.3, -0.25) is 4.79 Å². The first-order valence-electron chi connectivity index (χ1n) is 8.63. The highest BCUT2D eigenvalue weighted by Gasteiger charge is 2.24. The van der Waals surface area contributed by atoms with Crippen LogP contribution in [0.25, 0.3) is 0 Å². The molecule has 122 valence electrons. The molecule has 0 saturated carbocycles. The zero-order chi connectivity index (χ0) is 16.2. The lowest BCUT2D eigenvalue weighted by Crippen LogP contribution is -2.20. The molecule has 0 fully saturated rings. The number of allylic oxidation sites excluding steroid dienone is 1. The molecular weight excluding hydrogens is 272 g/mol. The van der Waals surface area contributed by atoms with E-state index < -0.39 is 12.0 Å². The summed E-state index contributed by atoms with van der Waals surface area (Å²) in [7, 11) is 0. The molecule has 2 nitrogen and oxygen atoms in total.